The number of carbonyl (C=O) groups is 1. The highest BCUT2D eigenvalue weighted by molar-refractivity contribution is 6.30. The first-order chi connectivity index (χ1) is 9.20. The molecule has 1 aliphatic carbocycles. The molecular formula is C15H18ClNO2. The van der Waals surface area contributed by atoms with Crippen LogP contribution in [0.25, 0.3) is 0 Å². The number of ether oxygens (including phenoxy) is 1. The fourth-order valence-corrected chi connectivity index (χ4v) is 2.99. The second kappa shape index (κ2) is 5.14. The maximum atomic E-state index is 12.3. The Morgan fingerprint density at radius 2 is 2.05 bits per heavy atom. The zero-order valence-electron chi connectivity index (χ0n) is 10.8. The number of benzene rings is 1. The predicted molar refractivity (Wildman–Crippen MR) is 74.0 cm³/mol. The Morgan fingerprint density at radius 1 is 1.32 bits per heavy atom. The Bertz CT molecular complexity index is 462. The number of carbonyl (C=O) groups excluding carboxylic acids is 1. The average molecular weight is 280 g/mol. The molecule has 19 heavy (non-hydrogen) atoms. The number of rotatable bonds is 3. The van der Waals surface area contributed by atoms with E-state index in [1.165, 1.54) is 0 Å². The van der Waals surface area contributed by atoms with Crippen LogP contribution in [-0.2, 0) is 15.1 Å². The van der Waals surface area contributed by atoms with Crippen molar-refractivity contribution in [2.45, 2.75) is 31.2 Å². The minimum Gasteiger partial charge on any atom is -0.381 e. The molecule has 1 heterocycles. The summed E-state index contributed by atoms with van der Waals surface area (Å²) in [7, 11) is 0. The van der Waals surface area contributed by atoms with E-state index in [9.17, 15) is 4.79 Å². The Hall–Kier alpha value is -1.06. The predicted octanol–water partition coefficient (Wildman–Crippen LogP) is 2.87. The largest absolute Gasteiger partial charge is 0.381 e. The monoisotopic (exact) mass is 279 g/mol. The van der Waals surface area contributed by atoms with Crippen molar-refractivity contribution in [3.8, 4) is 0 Å². The van der Waals surface area contributed by atoms with Crippen LogP contribution in [0.15, 0.2) is 24.3 Å². The summed E-state index contributed by atoms with van der Waals surface area (Å²) in [6.45, 7) is 1.26. The van der Waals surface area contributed by atoms with Crippen molar-refractivity contribution in [3.63, 3.8) is 0 Å². The van der Waals surface area contributed by atoms with Gasteiger partial charge in [-0.1, -0.05) is 23.7 Å². The molecule has 0 bridgehead atoms. The molecule has 1 aliphatic heterocycles. The lowest BCUT2D eigenvalue weighted by Gasteiger charge is -2.43. The quantitative estimate of drug-likeness (QED) is 0.924. The molecular weight excluding hydrogens is 262 g/mol. The Labute approximate surface area is 118 Å². The summed E-state index contributed by atoms with van der Waals surface area (Å²) in [4.78, 5) is 12.3. The molecule has 1 atom stereocenters. The SMILES string of the molecule is O=C(NC1(c2ccc(Cl)cc2)CCC1)[C@H]1CCOC1. The van der Waals surface area contributed by atoms with Crippen molar-refractivity contribution < 1.29 is 9.53 Å². The fourth-order valence-electron chi connectivity index (χ4n) is 2.86. The van der Waals surface area contributed by atoms with Crippen molar-refractivity contribution in [3.05, 3.63) is 34.9 Å². The topological polar surface area (TPSA) is 38.3 Å². The maximum absolute atomic E-state index is 12.3. The zero-order chi connectivity index (χ0) is 13.3. The molecule has 0 unspecified atom stereocenters. The van der Waals surface area contributed by atoms with Crippen LogP contribution in [0.2, 0.25) is 5.02 Å². The summed E-state index contributed by atoms with van der Waals surface area (Å²) in [5.74, 6) is 0.150. The van der Waals surface area contributed by atoms with Gasteiger partial charge in [-0.05, 0) is 43.4 Å². The molecule has 4 heteroatoms. The van der Waals surface area contributed by atoms with E-state index in [0.29, 0.717) is 13.2 Å². The van der Waals surface area contributed by atoms with Gasteiger partial charge < -0.3 is 10.1 Å². The van der Waals surface area contributed by atoms with E-state index in [2.05, 4.69) is 5.32 Å². The molecule has 0 spiro atoms. The number of hydrogen-bond donors (Lipinski definition) is 1. The van der Waals surface area contributed by atoms with E-state index in [4.69, 9.17) is 16.3 Å². The van der Waals surface area contributed by atoms with E-state index in [0.717, 1.165) is 36.3 Å². The summed E-state index contributed by atoms with van der Waals surface area (Å²) in [6, 6.07) is 7.82. The molecule has 2 aliphatic rings. The summed E-state index contributed by atoms with van der Waals surface area (Å²) < 4.78 is 5.29. The fraction of sp³-hybridized carbons (Fsp3) is 0.533. The molecule has 2 fully saturated rings. The van der Waals surface area contributed by atoms with Gasteiger partial charge in [0.1, 0.15) is 0 Å². The van der Waals surface area contributed by atoms with Crippen LogP contribution in [-0.4, -0.2) is 19.1 Å². The van der Waals surface area contributed by atoms with E-state index >= 15 is 0 Å². The highest BCUT2D eigenvalue weighted by Crippen LogP contribution is 2.41. The molecule has 1 saturated carbocycles. The Kier molecular flexibility index (Phi) is 3.50. The lowest BCUT2D eigenvalue weighted by atomic mass is 9.71. The van der Waals surface area contributed by atoms with E-state index in [-0.39, 0.29) is 17.4 Å². The van der Waals surface area contributed by atoms with Gasteiger partial charge in [0.2, 0.25) is 5.91 Å². The highest BCUT2D eigenvalue weighted by atomic mass is 35.5. The molecule has 0 aromatic heterocycles. The molecule has 3 nitrogen and oxygen atoms in total. The van der Waals surface area contributed by atoms with E-state index in [1.807, 2.05) is 24.3 Å². The van der Waals surface area contributed by atoms with Gasteiger partial charge in [0.25, 0.3) is 0 Å². The van der Waals surface area contributed by atoms with Crippen molar-refractivity contribution in [1.82, 2.24) is 5.32 Å². The Balaban J connectivity index is 1.75. The van der Waals surface area contributed by atoms with Crippen LogP contribution in [0, 0.1) is 5.92 Å². The molecule has 1 aromatic carbocycles. The second-order valence-corrected chi connectivity index (χ2v) is 5.93. The van der Waals surface area contributed by atoms with Crippen LogP contribution in [0.4, 0.5) is 0 Å². The first-order valence-corrected chi connectivity index (χ1v) is 7.23. The Morgan fingerprint density at radius 3 is 2.58 bits per heavy atom. The van der Waals surface area contributed by atoms with Crippen molar-refractivity contribution in [1.29, 1.82) is 0 Å². The molecule has 1 aromatic rings. The molecule has 0 radical (unpaired) electrons. The van der Waals surface area contributed by atoms with Crippen LogP contribution in [0.3, 0.4) is 0 Å². The number of amides is 1. The lowest BCUT2D eigenvalue weighted by molar-refractivity contribution is -0.128. The first kappa shape index (κ1) is 12.9. The molecule has 1 N–H and O–H groups in total. The van der Waals surface area contributed by atoms with Crippen molar-refractivity contribution >= 4 is 17.5 Å². The van der Waals surface area contributed by atoms with Gasteiger partial charge in [-0.15, -0.1) is 0 Å². The van der Waals surface area contributed by atoms with Gasteiger partial charge in [-0.3, -0.25) is 4.79 Å². The minimum absolute atomic E-state index is 0.0183. The third-order valence-electron chi connectivity index (χ3n) is 4.27. The standard InChI is InChI=1S/C15H18ClNO2/c16-13-4-2-12(3-5-13)15(7-1-8-15)17-14(18)11-6-9-19-10-11/h2-5,11H,1,6-10H2,(H,17,18)/t11-/m0/s1. The van der Waals surface area contributed by atoms with Gasteiger partial charge in [-0.25, -0.2) is 0 Å². The van der Waals surface area contributed by atoms with Crippen LogP contribution in [0.5, 0.6) is 0 Å². The smallest absolute Gasteiger partial charge is 0.226 e. The molecule has 102 valence electrons. The number of hydrogen-bond acceptors (Lipinski definition) is 2. The average Bonchev–Trinajstić information content (AvgIpc) is 2.89. The van der Waals surface area contributed by atoms with Crippen LogP contribution in [0.1, 0.15) is 31.2 Å². The number of halogens is 1. The third-order valence-corrected chi connectivity index (χ3v) is 4.52. The first-order valence-electron chi connectivity index (χ1n) is 6.85. The van der Waals surface area contributed by atoms with E-state index in [1.54, 1.807) is 0 Å². The minimum atomic E-state index is -0.176. The van der Waals surface area contributed by atoms with Crippen LogP contribution < -0.4 is 5.32 Å². The maximum Gasteiger partial charge on any atom is 0.226 e. The molecule has 3 rings (SSSR count). The molecule has 1 amide bonds. The lowest BCUT2D eigenvalue weighted by Crippen LogP contribution is -2.52. The van der Waals surface area contributed by atoms with Crippen molar-refractivity contribution in [2.24, 2.45) is 5.92 Å². The van der Waals surface area contributed by atoms with E-state index < -0.39 is 0 Å². The summed E-state index contributed by atoms with van der Waals surface area (Å²) >= 11 is 5.93. The van der Waals surface area contributed by atoms with Gasteiger partial charge in [-0.2, -0.15) is 0 Å². The third kappa shape index (κ3) is 2.49. The summed E-state index contributed by atoms with van der Waals surface area (Å²) in [6.07, 6.45) is 4.01. The number of nitrogens with one attached hydrogen (secondary N) is 1. The van der Waals surface area contributed by atoms with Gasteiger partial charge in [0, 0.05) is 11.6 Å². The van der Waals surface area contributed by atoms with Crippen LogP contribution >= 0.6 is 11.6 Å². The highest BCUT2D eigenvalue weighted by Gasteiger charge is 2.41. The van der Waals surface area contributed by atoms with Gasteiger partial charge in [0.15, 0.2) is 0 Å². The van der Waals surface area contributed by atoms with Gasteiger partial charge in [0.05, 0.1) is 18.1 Å². The van der Waals surface area contributed by atoms with Gasteiger partial charge >= 0.3 is 0 Å². The second-order valence-electron chi connectivity index (χ2n) is 5.49. The molecule has 1 saturated heterocycles. The zero-order valence-corrected chi connectivity index (χ0v) is 11.6. The summed E-state index contributed by atoms with van der Waals surface area (Å²) in [5.41, 5.74) is 0.986. The normalized spacial score (nSPS) is 24.8. The summed E-state index contributed by atoms with van der Waals surface area (Å²) in [5, 5.41) is 3.98. The van der Waals surface area contributed by atoms with Crippen molar-refractivity contribution in [2.75, 3.05) is 13.2 Å².